The largest absolute Gasteiger partial charge is 0.508 e. The number of rotatable bonds is 3. The first kappa shape index (κ1) is 10.3. The van der Waals surface area contributed by atoms with Crippen molar-refractivity contribution in [1.29, 1.82) is 0 Å². The third kappa shape index (κ3) is 2.87. The minimum Gasteiger partial charge on any atom is -0.508 e. The fourth-order valence-electron chi connectivity index (χ4n) is 1.12. The van der Waals surface area contributed by atoms with Crippen LogP contribution >= 0.6 is 23.1 Å². The van der Waals surface area contributed by atoms with E-state index in [2.05, 4.69) is 4.98 Å². The van der Waals surface area contributed by atoms with Crippen molar-refractivity contribution in [3.05, 3.63) is 35.3 Å². The molecule has 0 aliphatic carbocycles. The molecule has 3 nitrogen and oxygen atoms in total. The van der Waals surface area contributed by atoms with Crippen LogP contribution in [-0.4, -0.2) is 10.1 Å². The third-order valence-corrected chi connectivity index (χ3v) is 3.52. The van der Waals surface area contributed by atoms with Gasteiger partial charge in [-0.2, -0.15) is 0 Å². The summed E-state index contributed by atoms with van der Waals surface area (Å²) in [4.78, 5) is 5.19. The van der Waals surface area contributed by atoms with Crippen LogP contribution in [0.4, 0.5) is 5.13 Å². The van der Waals surface area contributed by atoms with Gasteiger partial charge in [-0.15, -0.1) is 23.1 Å². The van der Waals surface area contributed by atoms with Gasteiger partial charge in [0, 0.05) is 16.0 Å². The predicted octanol–water partition coefficient (Wildman–Crippen LogP) is 2.72. The summed E-state index contributed by atoms with van der Waals surface area (Å²) in [7, 11) is 0. The Morgan fingerprint density at radius 1 is 1.47 bits per heavy atom. The van der Waals surface area contributed by atoms with Crippen LogP contribution in [0.25, 0.3) is 0 Å². The number of nitrogen functional groups attached to an aromatic ring is 1. The molecule has 0 spiro atoms. The molecular formula is C10H10N2OS2. The molecule has 0 aliphatic heterocycles. The van der Waals surface area contributed by atoms with E-state index < -0.39 is 0 Å². The number of nitrogens with zero attached hydrogens (tertiary/aromatic N) is 1. The fraction of sp³-hybridized carbons (Fsp3) is 0.100. The molecule has 0 fully saturated rings. The average molecular weight is 238 g/mol. The second kappa shape index (κ2) is 4.55. The summed E-state index contributed by atoms with van der Waals surface area (Å²) in [6.45, 7) is 0. The van der Waals surface area contributed by atoms with Crippen LogP contribution in [0.15, 0.2) is 34.5 Å². The molecule has 0 radical (unpaired) electrons. The van der Waals surface area contributed by atoms with Crippen LogP contribution in [-0.2, 0) is 5.75 Å². The van der Waals surface area contributed by atoms with E-state index in [1.165, 1.54) is 11.3 Å². The molecule has 0 bridgehead atoms. The number of nitrogens with two attached hydrogens (primary N) is 1. The van der Waals surface area contributed by atoms with Crippen LogP contribution in [0.3, 0.4) is 0 Å². The Kier molecular flexibility index (Phi) is 3.13. The number of thioether (sulfide) groups is 1. The molecule has 78 valence electrons. The average Bonchev–Trinajstić information content (AvgIpc) is 2.62. The summed E-state index contributed by atoms with van der Waals surface area (Å²) in [5.74, 6) is 1.06. The van der Waals surface area contributed by atoms with Gasteiger partial charge in [-0.1, -0.05) is 6.07 Å². The highest BCUT2D eigenvalue weighted by Crippen LogP contribution is 2.26. The minimum absolute atomic E-state index is 0.290. The number of hydrogen-bond acceptors (Lipinski definition) is 5. The molecule has 1 aromatic heterocycles. The fourth-order valence-corrected chi connectivity index (χ4v) is 2.63. The smallest absolute Gasteiger partial charge is 0.180 e. The Labute approximate surface area is 96.0 Å². The zero-order valence-corrected chi connectivity index (χ0v) is 9.52. The molecule has 0 aliphatic rings. The molecule has 0 saturated carbocycles. The van der Waals surface area contributed by atoms with Crippen molar-refractivity contribution < 1.29 is 5.11 Å². The lowest BCUT2D eigenvalue weighted by Gasteiger charge is -1.99. The standard InChI is InChI=1S/C10H10N2OS2/c11-10-12-7(6-15-10)5-14-9-3-1-2-8(13)4-9/h1-4,6,13H,5H2,(H2,11,12). The van der Waals surface area contributed by atoms with Gasteiger partial charge in [0.1, 0.15) is 5.75 Å². The van der Waals surface area contributed by atoms with Gasteiger partial charge >= 0.3 is 0 Å². The molecule has 2 rings (SSSR count). The Morgan fingerprint density at radius 3 is 3.00 bits per heavy atom. The van der Waals surface area contributed by atoms with Crippen molar-refractivity contribution in [3.8, 4) is 5.75 Å². The Morgan fingerprint density at radius 2 is 2.33 bits per heavy atom. The van der Waals surface area contributed by atoms with Gasteiger partial charge in [0.15, 0.2) is 5.13 Å². The number of anilines is 1. The highest BCUT2D eigenvalue weighted by Gasteiger charge is 2.00. The Bertz CT molecular complexity index is 456. The van der Waals surface area contributed by atoms with E-state index in [4.69, 9.17) is 5.73 Å². The quantitative estimate of drug-likeness (QED) is 0.807. The third-order valence-electron chi connectivity index (χ3n) is 1.77. The molecule has 2 aromatic rings. The lowest BCUT2D eigenvalue weighted by molar-refractivity contribution is 0.474. The van der Waals surface area contributed by atoms with Crippen LogP contribution in [0.5, 0.6) is 5.75 Å². The number of benzene rings is 1. The van der Waals surface area contributed by atoms with E-state index in [1.807, 2.05) is 17.5 Å². The minimum atomic E-state index is 0.290. The predicted molar refractivity (Wildman–Crippen MR) is 64.2 cm³/mol. The molecule has 0 saturated heterocycles. The normalized spacial score (nSPS) is 10.4. The molecule has 1 heterocycles. The van der Waals surface area contributed by atoms with E-state index >= 15 is 0 Å². The molecule has 5 heteroatoms. The maximum atomic E-state index is 9.27. The van der Waals surface area contributed by atoms with Crippen molar-refractivity contribution in [3.63, 3.8) is 0 Å². The molecular weight excluding hydrogens is 228 g/mol. The maximum Gasteiger partial charge on any atom is 0.180 e. The topological polar surface area (TPSA) is 59.1 Å². The molecule has 1 aromatic carbocycles. The summed E-state index contributed by atoms with van der Waals surface area (Å²) in [6, 6.07) is 7.18. The van der Waals surface area contributed by atoms with E-state index in [0.29, 0.717) is 5.13 Å². The zero-order chi connectivity index (χ0) is 10.7. The van der Waals surface area contributed by atoms with Gasteiger partial charge in [0.05, 0.1) is 5.69 Å². The zero-order valence-electron chi connectivity index (χ0n) is 7.88. The summed E-state index contributed by atoms with van der Waals surface area (Å²) in [6.07, 6.45) is 0. The van der Waals surface area contributed by atoms with Crippen molar-refractivity contribution in [1.82, 2.24) is 4.98 Å². The first-order valence-corrected chi connectivity index (χ1v) is 6.22. The highest BCUT2D eigenvalue weighted by molar-refractivity contribution is 7.98. The lowest BCUT2D eigenvalue weighted by Crippen LogP contribution is -1.84. The second-order valence-electron chi connectivity index (χ2n) is 2.96. The van der Waals surface area contributed by atoms with Gasteiger partial charge in [-0.05, 0) is 18.2 Å². The molecule has 15 heavy (non-hydrogen) atoms. The molecule has 0 amide bonds. The van der Waals surface area contributed by atoms with Crippen LogP contribution in [0.2, 0.25) is 0 Å². The summed E-state index contributed by atoms with van der Waals surface area (Å²) < 4.78 is 0. The molecule has 3 N–H and O–H groups in total. The van der Waals surface area contributed by atoms with Gasteiger partial charge in [0.2, 0.25) is 0 Å². The Balaban J connectivity index is 1.99. The number of phenolic OH excluding ortho intramolecular Hbond substituents is 1. The van der Waals surface area contributed by atoms with Crippen LogP contribution in [0.1, 0.15) is 5.69 Å². The maximum absolute atomic E-state index is 9.27. The lowest BCUT2D eigenvalue weighted by atomic mass is 10.3. The first-order chi connectivity index (χ1) is 7.24. The monoisotopic (exact) mass is 238 g/mol. The summed E-state index contributed by atoms with van der Waals surface area (Å²) >= 11 is 3.08. The van der Waals surface area contributed by atoms with Gasteiger partial charge in [-0.3, -0.25) is 0 Å². The number of phenols is 1. The van der Waals surface area contributed by atoms with E-state index in [9.17, 15) is 5.11 Å². The van der Waals surface area contributed by atoms with Crippen LogP contribution < -0.4 is 5.73 Å². The van der Waals surface area contributed by atoms with E-state index in [0.717, 1.165) is 16.3 Å². The van der Waals surface area contributed by atoms with E-state index in [-0.39, 0.29) is 5.75 Å². The summed E-state index contributed by atoms with van der Waals surface area (Å²) in [5.41, 5.74) is 6.51. The SMILES string of the molecule is Nc1nc(CSc2cccc(O)c2)cs1. The first-order valence-electron chi connectivity index (χ1n) is 4.36. The van der Waals surface area contributed by atoms with Crippen molar-refractivity contribution in [2.24, 2.45) is 0 Å². The molecule has 0 atom stereocenters. The second-order valence-corrected chi connectivity index (χ2v) is 4.90. The number of aromatic hydroxyl groups is 1. The number of thiazole rings is 1. The van der Waals surface area contributed by atoms with Gasteiger partial charge < -0.3 is 10.8 Å². The van der Waals surface area contributed by atoms with Gasteiger partial charge in [-0.25, -0.2) is 4.98 Å². The molecule has 0 unspecified atom stereocenters. The van der Waals surface area contributed by atoms with E-state index in [1.54, 1.807) is 23.9 Å². The van der Waals surface area contributed by atoms with Crippen LogP contribution in [0, 0.1) is 0 Å². The van der Waals surface area contributed by atoms with Crippen molar-refractivity contribution in [2.75, 3.05) is 5.73 Å². The summed E-state index contributed by atoms with van der Waals surface area (Å²) in [5, 5.41) is 11.8. The van der Waals surface area contributed by atoms with Gasteiger partial charge in [0.25, 0.3) is 0 Å². The number of hydrogen-bond donors (Lipinski definition) is 2. The Hall–Kier alpha value is -1.20. The number of aromatic nitrogens is 1. The van der Waals surface area contributed by atoms with Crippen molar-refractivity contribution in [2.45, 2.75) is 10.6 Å². The highest BCUT2D eigenvalue weighted by atomic mass is 32.2. The van der Waals surface area contributed by atoms with Crippen molar-refractivity contribution >= 4 is 28.2 Å².